The van der Waals surface area contributed by atoms with Crippen LogP contribution in [0.1, 0.15) is 35.4 Å². The molecule has 0 saturated heterocycles. The summed E-state index contributed by atoms with van der Waals surface area (Å²) in [6.07, 6.45) is 1.75. The van der Waals surface area contributed by atoms with Gasteiger partial charge in [-0.25, -0.2) is 8.42 Å². The molecule has 28 heavy (non-hydrogen) atoms. The number of aryl methyl sites for hydroxylation is 3. The van der Waals surface area contributed by atoms with Gasteiger partial charge in [-0.3, -0.25) is 9.48 Å². The molecular weight excluding hydrogens is 376 g/mol. The van der Waals surface area contributed by atoms with Gasteiger partial charge in [0.05, 0.1) is 10.6 Å². The van der Waals surface area contributed by atoms with Crippen LogP contribution < -0.4 is 5.56 Å². The summed E-state index contributed by atoms with van der Waals surface area (Å²) in [6.45, 7) is 6.01. The average molecular weight is 401 g/mol. The lowest BCUT2D eigenvalue weighted by Crippen LogP contribution is -2.33. The van der Waals surface area contributed by atoms with Crippen molar-refractivity contribution in [2.75, 3.05) is 0 Å². The fourth-order valence-corrected chi connectivity index (χ4v) is 5.35. The summed E-state index contributed by atoms with van der Waals surface area (Å²) in [5, 5.41) is 5.16. The zero-order valence-corrected chi connectivity index (χ0v) is 17.3. The van der Waals surface area contributed by atoms with E-state index in [1.807, 2.05) is 27.8 Å². The summed E-state index contributed by atoms with van der Waals surface area (Å²) < 4.78 is 30.4. The van der Waals surface area contributed by atoms with E-state index in [1.165, 1.54) is 6.07 Å². The van der Waals surface area contributed by atoms with Gasteiger partial charge in [-0.2, -0.15) is 9.40 Å². The van der Waals surface area contributed by atoms with Gasteiger partial charge in [-0.05, 0) is 57.4 Å². The Hall–Kier alpha value is -2.45. The summed E-state index contributed by atoms with van der Waals surface area (Å²) in [5.41, 5.74) is 3.99. The third-order valence-corrected chi connectivity index (χ3v) is 7.45. The smallest absolute Gasteiger partial charge is 0.248 e. The molecule has 0 atom stereocenters. The van der Waals surface area contributed by atoms with Gasteiger partial charge in [-0.15, -0.1) is 0 Å². The summed E-state index contributed by atoms with van der Waals surface area (Å²) in [6, 6.07) is 6.41. The van der Waals surface area contributed by atoms with Crippen LogP contribution in [0.15, 0.2) is 34.0 Å². The van der Waals surface area contributed by atoms with Gasteiger partial charge in [0.15, 0.2) is 0 Å². The summed E-state index contributed by atoms with van der Waals surface area (Å²) in [7, 11) is -1.80. The molecule has 4 rings (SSSR count). The highest BCUT2D eigenvalue weighted by Gasteiger charge is 2.39. The average Bonchev–Trinajstić information content (AvgIpc) is 3.42. The van der Waals surface area contributed by atoms with E-state index in [4.69, 9.17) is 0 Å². The molecule has 0 radical (unpaired) electrons. The minimum absolute atomic E-state index is 0.0244. The predicted molar refractivity (Wildman–Crippen MR) is 108 cm³/mol. The van der Waals surface area contributed by atoms with Crippen molar-refractivity contribution in [1.29, 1.82) is 0 Å². The zero-order valence-electron chi connectivity index (χ0n) is 16.5. The lowest BCUT2D eigenvalue weighted by molar-refractivity contribution is 0.397. The van der Waals surface area contributed by atoms with Crippen molar-refractivity contribution in [1.82, 2.24) is 19.1 Å². The van der Waals surface area contributed by atoms with Crippen LogP contribution in [0.5, 0.6) is 0 Å². The Balaban J connectivity index is 1.78. The second-order valence-corrected chi connectivity index (χ2v) is 9.47. The molecule has 0 aliphatic heterocycles. The van der Waals surface area contributed by atoms with Crippen molar-refractivity contribution >= 4 is 20.9 Å². The Bertz CT molecular complexity index is 1240. The fraction of sp³-hybridized carbons (Fsp3) is 0.400. The van der Waals surface area contributed by atoms with E-state index in [-0.39, 0.29) is 16.5 Å². The van der Waals surface area contributed by atoms with Gasteiger partial charge in [0.25, 0.3) is 0 Å². The first kappa shape index (κ1) is 18.9. The molecule has 0 spiro atoms. The van der Waals surface area contributed by atoms with Crippen molar-refractivity contribution in [3.05, 3.63) is 57.1 Å². The molecule has 1 fully saturated rings. The number of aromatic nitrogens is 3. The number of nitrogens with zero attached hydrogens (tertiary/aromatic N) is 3. The monoisotopic (exact) mass is 400 g/mol. The number of aromatic amines is 1. The van der Waals surface area contributed by atoms with E-state index < -0.39 is 10.0 Å². The molecule has 0 unspecified atom stereocenters. The first-order valence-corrected chi connectivity index (χ1v) is 10.8. The van der Waals surface area contributed by atoms with Crippen LogP contribution in [0, 0.1) is 20.8 Å². The maximum atomic E-state index is 13.5. The Morgan fingerprint density at radius 1 is 1.21 bits per heavy atom. The molecular formula is C20H24N4O3S. The molecule has 2 heterocycles. The van der Waals surface area contributed by atoms with Crippen LogP contribution in [0.2, 0.25) is 0 Å². The van der Waals surface area contributed by atoms with Gasteiger partial charge in [0, 0.05) is 47.9 Å². The number of hydrogen-bond acceptors (Lipinski definition) is 4. The molecule has 148 valence electrons. The van der Waals surface area contributed by atoms with Crippen molar-refractivity contribution in [3.8, 4) is 0 Å². The van der Waals surface area contributed by atoms with Crippen LogP contribution in [-0.2, 0) is 23.6 Å². The molecule has 2 aromatic heterocycles. The lowest BCUT2D eigenvalue weighted by Gasteiger charge is -2.22. The summed E-state index contributed by atoms with van der Waals surface area (Å²) in [5.74, 6) is 0. The van der Waals surface area contributed by atoms with Crippen molar-refractivity contribution in [2.45, 2.75) is 51.1 Å². The molecule has 0 bridgehead atoms. The van der Waals surface area contributed by atoms with E-state index in [0.717, 1.165) is 40.7 Å². The number of benzene rings is 1. The van der Waals surface area contributed by atoms with Gasteiger partial charge in [0.1, 0.15) is 0 Å². The topological polar surface area (TPSA) is 88.1 Å². The van der Waals surface area contributed by atoms with Crippen molar-refractivity contribution in [3.63, 3.8) is 0 Å². The second kappa shape index (κ2) is 6.56. The van der Waals surface area contributed by atoms with Crippen LogP contribution in [-0.4, -0.2) is 33.5 Å². The Labute approximate surface area is 164 Å². The standard InChI is InChI=1S/C20H24N4O3S/c1-12-9-20(25)21-19-8-7-16(10-17(12)19)28(26,27)24(15-5-6-15)11-18-13(2)22-23(4)14(18)3/h7-10,15H,5-6,11H2,1-4H3,(H,21,25). The second-order valence-electron chi connectivity index (χ2n) is 7.58. The molecule has 1 aliphatic carbocycles. The van der Waals surface area contributed by atoms with Crippen LogP contribution in [0.4, 0.5) is 0 Å². The first-order chi connectivity index (χ1) is 13.2. The molecule has 3 aromatic rings. The van der Waals surface area contributed by atoms with Gasteiger partial charge in [0.2, 0.25) is 15.6 Å². The number of pyridine rings is 1. The van der Waals surface area contributed by atoms with E-state index >= 15 is 0 Å². The van der Waals surface area contributed by atoms with Gasteiger partial charge in [-0.1, -0.05) is 0 Å². The highest BCUT2D eigenvalue weighted by molar-refractivity contribution is 7.89. The molecule has 1 N–H and O–H groups in total. The minimum atomic E-state index is -3.67. The van der Waals surface area contributed by atoms with E-state index in [9.17, 15) is 13.2 Å². The van der Waals surface area contributed by atoms with E-state index in [2.05, 4.69) is 10.1 Å². The van der Waals surface area contributed by atoms with Gasteiger partial charge < -0.3 is 4.98 Å². The summed E-state index contributed by atoms with van der Waals surface area (Å²) in [4.78, 5) is 14.7. The maximum absolute atomic E-state index is 13.5. The molecule has 0 amide bonds. The maximum Gasteiger partial charge on any atom is 0.248 e. The number of nitrogens with one attached hydrogen (secondary N) is 1. The van der Waals surface area contributed by atoms with E-state index in [1.54, 1.807) is 27.2 Å². The SMILES string of the molecule is Cc1nn(C)c(C)c1CN(C1CC1)S(=O)(=O)c1ccc2[nH]c(=O)cc(C)c2c1. The van der Waals surface area contributed by atoms with Crippen molar-refractivity contribution < 1.29 is 8.42 Å². The number of H-pyrrole nitrogens is 1. The van der Waals surface area contributed by atoms with Crippen molar-refractivity contribution in [2.24, 2.45) is 7.05 Å². The number of fused-ring (bicyclic) bond motifs is 1. The third kappa shape index (κ3) is 3.16. The lowest BCUT2D eigenvalue weighted by atomic mass is 10.1. The highest BCUT2D eigenvalue weighted by atomic mass is 32.2. The zero-order chi connectivity index (χ0) is 20.2. The molecule has 1 aromatic carbocycles. The molecule has 7 nitrogen and oxygen atoms in total. The molecule has 1 saturated carbocycles. The van der Waals surface area contributed by atoms with Crippen LogP contribution in [0.25, 0.3) is 10.9 Å². The quantitative estimate of drug-likeness (QED) is 0.713. The first-order valence-electron chi connectivity index (χ1n) is 9.33. The number of sulfonamides is 1. The highest BCUT2D eigenvalue weighted by Crippen LogP contribution is 2.35. The van der Waals surface area contributed by atoms with Gasteiger partial charge >= 0.3 is 0 Å². The predicted octanol–water partition coefficient (Wildman–Crippen LogP) is 2.54. The Morgan fingerprint density at radius 2 is 1.93 bits per heavy atom. The molecule has 1 aliphatic rings. The Morgan fingerprint density at radius 3 is 2.54 bits per heavy atom. The largest absolute Gasteiger partial charge is 0.322 e. The minimum Gasteiger partial charge on any atom is -0.322 e. The molecule has 8 heteroatoms. The Kier molecular flexibility index (Phi) is 4.43. The van der Waals surface area contributed by atoms with Crippen LogP contribution >= 0.6 is 0 Å². The summed E-state index contributed by atoms with van der Waals surface area (Å²) >= 11 is 0. The number of rotatable bonds is 5. The number of hydrogen-bond donors (Lipinski definition) is 1. The van der Waals surface area contributed by atoms with E-state index in [0.29, 0.717) is 12.1 Å². The fourth-order valence-electron chi connectivity index (χ4n) is 3.67. The van der Waals surface area contributed by atoms with Crippen LogP contribution in [0.3, 0.4) is 0 Å². The normalized spacial score (nSPS) is 14.9. The third-order valence-electron chi connectivity index (χ3n) is 5.55.